The third-order valence-electron chi connectivity index (χ3n) is 3.63. The molecule has 26 heavy (non-hydrogen) atoms. The highest BCUT2D eigenvalue weighted by molar-refractivity contribution is 7.17. The molecule has 1 N–H and O–H groups in total. The van der Waals surface area contributed by atoms with Crippen LogP contribution in [0.2, 0.25) is 0 Å². The zero-order chi connectivity index (χ0) is 17.9. The number of aryl methyl sites for hydroxylation is 1. The molecule has 0 atom stereocenters. The van der Waals surface area contributed by atoms with Crippen molar-refractivity contribution in [2.75, 3.05) is 0 Å². The topological polar surface area (TPSA) is 80.9 Å². The maximum atomic E-state index is 12.5. The normalized spacial score (nSPS) is 10.8. The molecule has 8 heteroatoms. The lowest BCUT2D eigenvalue weighted by atomic mass is 10.2. The fourth-order valence-electron chi connectivity index (χ4n) is 2.38. The molecule has 0 aliphatic carbocycles. The molecular weight excluding hydrogens is 368 g/mol. The van der Waals surface area contributed by atoms with Crippen molar-refractivity contribution in [1.29, 1.82) is 0 Å². The zero-order valence-electron chi connectivity index (χ0n) is 13.8. The van der Waals surface area contributed by atoms with E-state index in [2.05, 4.69) is 20.4 Å². The van der Waals surface area contributed by atoms with E-state index in [1.807, 2.05) is 54.8 Å². The fraction of sp³-hybridized carbons (Fsp3) is 0.111. The van der Waals surface area contributed by atoms with E-state index < -0.39 is 0 Å². The molecular formula is C18H14N4O2S2. The lowest BCUT2D eigenvalue weighted by Crippen LogP contribution is -2.22. The number of benzene rings is 1. The Morgan fingerprint density at radius 2 is 2.00 bits per heavy atom. The number of carbonyl (C=O) groups excluding carboxylic acids is 1. The second-order valence-corrected chi connectivity index (χ2v) is 7.42. The van der Waals surface area contributed by atoms with Crippen LogP contribution < -0.4 is 5.32 Å². The highest BCUT2D eigenvalue weighted by atomic mass is 32.1. The zero-order valence-corrected chi connectivity index (χ0v) is 15.4. The van der Waals surface area contributed by atoms with Gasteiger partial charge in [-0.1, -0.05) is 41.6 Å². The van der Waals surface area contributed by atoms with Gasteiger partial charge in [-0.25, -0.2) is 4.98 Å². The number of hydrogen-bond donors (Lipinski definition) is 1. The Kier molecular flexibility index (Phi) is 4.59. The third-order valence-corrected chi connectivity index (χ3v) is 5.70. The number of hydrogen-bond acceptors (Lipinski definition) is 7. The Labute approximate surface area is 157 Å². The first-order valence-corrected chi connectivity index (χ1v) is 9.58. The van der Waals surface area contributed by atoms with Crippen LogP contribution in [0.1, 0.15) is 21.3 Å². The number of amides is 1. The van der Waals surface area contributed by atoms with E-state index >= 15 is 0 Å². The first-order valence-electron chi connectivity index (χ1n) is 7.88. The standard InChI is InChI=1S/C18H14N4O2S2/c1-11-15(26-18(20-11)12-6-3-2-4-7-12)17(23)19-10-14-21-16(22-24-14)13-8-5-9-25-13/h2-9H,10H2,1H3,(H,19,23). The van der Waals surface area contributed by atoms with Crippen molar-refractivity contribution < 1.29 is 9.32 Å². The maximum absolute atomic E-state index is 12.5. The van der Waals surface area contributed by atoms with E-state index in [4.69, 9.17) is 4.52 Å². The summed E-state index contributed by atoms with van der Waals surface area (Å²) in [5, 5.41) is 9.53. The van der Waals surface area contributed by atoms with Gasteiger partial charge in [0.1, 0.15) is 9.88 Å². The molecule has 1 aromatic carbocycles. The van der Waals surface area contributed by atoms with Gasteiger partial charge in [-0.05, 0) is 18.4 Å². The Bertz CT molecular complexity index is 1020. The van der Waals surface area contributed by atoms with Crippen LogP contribution in [0.3, 0.4) is 0 Å². The molecule has 1 amide bonds. The molecule has 0 unspecified atom stereocenters. The van der Waals surface area contributed by atoms with Crippen LogP contribution in [0.25, 0.3) is 21.3 Å². The number of thiazole rings is 1. The summed E-state index contributed by atoms with van der Waals surface area (Å²) in [4.78, 5) is 22.8. The van der Waals surface area contributed by atoms with Gasteiger partial charge < -0.3 is 9.84 Å². The minimum atomic E-state index is -0.196. The molecule has 4 aromatic rings. The van der Waals surface area contributed by atoms with Crippen molar-refractivity contribution in [1.82, 2.24) is 20.4 Å². The number of thiophene rings is 1. The Balaban J connectivity index is 1.45. The van der Waals surface area contributed by atoms with Crippen molar-refractivity contribution in [3.05, 3.63) is 64.3 Å². The van der Waals surface area contributed by atoms with Crippen LogP contribution in [0, 0.1) is 6.92 Å². The van der Waals surface area contributed by atoms with Crippen molar-refractivity contribution >= 4 is 28.6 Å². The Morgan fingerprint density at radius 3 is 2.77 bits per heavy atom. The molecule has 4 rings (SSSR count). The number of rotatable bonds is 5. The molecule has 0 fully saturated rings. The van der Waals surface area contributed by atoms with E-state index in [9.17, 15) is 4.79 Å². The highest BCUT2D eigenvalue weighted by Crippen LogP contribution is 2.27. The summed E-state index contributed by atoms with van der Waals surface area (Å²) >= 11 is 2.91. The fourth-order valence-corrected chi connectivity index (χ4v) is 4.02. The predicted molar refractivity (Wildman–Crippen MR) is 101 cm³/mol. The van der Waals surface area contributed by atoms with Crippen LogP contribution >= 0.6 is 22.7 Å². The van der Waals surface area contributed by atoms with Gasteiger partial charge in [-0.2, -0.15) is 4.98 Å². The molecule has 3 heterocycles. The molecule has 0 radical (unpaired) electrons. The number of nitrogens with one attached hydrogen (secondary N) is 1. The van der Waals surface area contributed by atoms with Crippen LogP contribution in [-0.4, -0.2) is 21.0 Å². The summed E-state index contributed by atoms with van der Waals surface area (Å²) in [7, 11) is 0. The van der Waals surface area contributed by atoms with Gasteiger partial charge in [0.15, 0.2) is 0 Å². The molecule has 0 aliphatic rings. The number of aromatic nitrogens is 3. The van der Waals surface area contributed by atoms with Gasteiger partial charge in [0.05, 0.1) is 17.1 Å². The first kappa shape index (κ1) is 16.6. The smallest absolute Gasteiger partial charge is 0.263 e. The number of nitrogens with zero attached hydrogens (tertiary/aromatic N) is 3. The minimum absolute atomic E-state index is 0.176. The van der Waals surface area contributed by atoms with E-state index in [1.54, 1.807) is 0 Å². The first-order chi connectivity index (χ1) is 12.7. The second-order valence-electron chi connectivity index (χ2n) is 5.47. The average molecular weight is 382 g/mol. The van der Waals surface area contributed by atoms with E-state index in [1.165, 1.54) is 22.7 Å². The molecule has 3 aromatic heterocycles. The summed E-state index contributed by atoms with van der Waals surface area (Å²) in [6.07, 6.45) is 0. The van der Waals surface area contributed by atoms with Crippen molar-refractivity contribution in [3.63, 3.8) is 0 Å². The summed E-state index contributed by atoms with van der Waals surface area (Å²) in [5.41, 5.74) is 1.70. The largest absolute Gasteiger partial charge is 0.342 e. The van der Waals surface area contributed by atoms with E-state index in [0.29, 0.717) is 22.3 Å². The molecule has 0 saturated carbocycles. The average Bonchev–Trinajstić information content (AvgIpc) is 3.40. The van der Waals surface area contributed by atoms with E-state index in [-0.39, 0.29) is 12.5 Å². The van der Waals surface area contributed by atoms with Crippen LogP contribution in [-0.2, 0) is 6.54 Å². The molecule has 130 valence electrons. The van der Waals surface area contributed by atoms with Crippen molar-refractivity contribution in [3.8, 4) is 21.3 Å². The minimum Gasteiger partial charge on any atom is -0.342 e. The molecule has 0 bridgehead atoms. The van der Waals surface area contributed by atoms with Gasteiger partial charge in [-0.3, -0.25) is 4.79 Å². The summed E-state index contributed by atoms with van der Waals surface area (Å²) in [6, 6.07) is 13.7. The molecule has 0 aliphatic heterocycles. The van der Waals surface area contributed by atoms with Crippen LogP contribution in [0.15, 0.2) is 52.4 Å². The predicted octanol–water partition coefficient (Wildman–Crippen LogP) is 4.16. The third kappa shape index (κ3) is 3.42. The second kappa shape index (κ2) is 7.19. The molecule has 0 spiro atoms. The summed E-state index contributed by atoms with van der Waals surface area (Å²) in [5.74, 6) is 0.704. The molecule has 6 nitrogen and oxygen atoms in total. The number of carbonyl (C=O) groups is 1. The van der Waals surface area contributed by atoms with Gasteiger partial charge in [0.2, 0.25) is 11.7 Å². The molecule has 0 saturated heterocycles. The van der Waals surface area contributed by atoms with E-state index in [0.717, 1.165) is 15.4 Å². The monoisotopic (exact) mass is 382 g/mol. The van der Waals surface area contributed by atoms with Crippen molar-refractivity contribution in [2.24, 2.45) is 0 Å². The Morgan fingerprint density at radius 1 is 1.15 bits per heavy atom. The van der Waals surface area contributed by atoms with Gasteiger partial charge in [0, 0.05) is 5.56 Å². The van der Waals surface area contributed by atoms with Crippen molar-refractivity contribution in [2.45, 2.75) is 13.5 Å². The van der Waals surface area contributed by atoms with Gasteiger partial charge in [-0.15, -0.1) is 22.7 Å². The SMILES string of the molecule is Cc1nc(-c2ccccc2)sc1C(=O)NCc1nc(-c2cccs2)no1. The summed E-state index contributed by atoms with van der Waals surface area (Å²) in [6.45, 7) is 2.01. The lowest BCUT2D eigenvalue weighted by Gasteiger charge is -1.99. The lowest BCUT2D eigenvalue weighted by molar-refractivity contribution is 0.0949. The Hall–Kier alpha value is -2.84. The maximum Gasteiger partial charge on any atom is 0.263 e. The van der Waals surface area contributed by atoms with Crippen LogP contribution in [0.5, 0.6) is 0 Å². The van der Waals surface area contributed by atoms with Crippen LogP contribution in [0.4, 0.5) is 0 Å². The highest BCUT2D eigenvalue weighted by Gasteiger charge is 2.17. The quantitative estimate of drug-likeness (QED) is 0.560. The van der Waals surface area contributed by atoms with Gasteiger partial charge in [0.25, 0.3) is 5.91 Å². The summed E-state index contributed by atoms with van der Waals surface area (Å²) < 4.78 is 5.20. The van der Waals surface area contributed by atoms with Gasteiger partial charge >= 0.3 is 0 Å².